The van der Waals surface area contributed by atoms with Crippen molar-refractivity contribution in [2.45, 2.75) is 61.0 Å². The zero-order valence-electron chi connectivity index (χ0n) is 20.6. The van der Waals surface area contributed by atoms with E-state index in [0.717, 1.165) is 47.2 Å². The van der Waals surface area contributed by atoms with Gasteiger partial charge < -0.3 is 4.74 Å². The molecule has 192 valence electrons. The first kappa shape index (κ1) is 25.7. The molecule has 10 heteroatoms. The topological polar surface area (TPSA) is 79.8 Å². The lowest BCUT2D eigenvalue weighted by Gasteiger charge is -2.32. The highest BCUT2D eigenvalue weighted by Gasteiger charge is 2.32. The third kappa shape index (κ3) is 5.06. The minimum Gasteiger partial charge on any atom is -0.376 e. The van der Waals surface area contributed by atoms with Crippen molar-refractivity contribution in [3.63, 3.8) is 0 Å². The molecule has 0 saturated carbocycles. The minimum absolute atomic E-state index is 0.0165. The summed E-state index contributed by atoms with van der Waals surface area (Å²) in [5, 5.41) is 0.630. The fourth-order valence-electron chi connectivity index (χ4n) is 4.92. The molecule has 36 heavy (non-hydrogen) atoms. The molecular weight excluding hydrogens is 515 g/mol. The van der Waals surface area contributed by atoms with Crippen LogP contribution in [-0.4, -0.2) is 61.7 Å². The molecule has 7 nitrogen and oxygen atoms in total. The van der Waals surface area contributed by atoms with Crippen LogP contribution in [0.25, 0.3) is 10.2 Å². The number of para-hydroxylation sites is 1. The first-order valence-electron chi connectivity index (χ1n) is 12.4. The monoisotopic (exact) mass is 545 g/mol. The van der Waals surface area contributed by atoms with Crippen LogP contribution in [0.1, 0.15) is 49.4 Å². The maximum absolute atomic E-state index is 13.8. The molecule has 0 N–H and O–H groups in total. The number of carbonyl (C=O) groups is 1. The predicted molar refractivity (Wildman–Crippen MR) is 146 cm³/mol. The van der Waals surface area contributed by atoms with Crippen LogP contribution < -0.4 is 4.90 Å². The number of carbonyl (C=O) groups excluding carboxylic acids is 1. The average Bonchev–Trinajstić information content (AvgIpc) is 3.57. The van der Waals surface area contributed by atoms with Gasteiger partial charge in [-0.1, -0.05) is 23.8 Å². The molecular formula is C26H31N3O4S3. The third-order valence-corrected chi connectivity index (χ3v) is 10.8. The lowest BCUT2D eigenvalue weighted by atomic mass is 10.1. The minimum atomic E-state index is -3.59. The van der Waals surface area contributed by atoms with Crippen molar-refractivity contribution in [3.05, 3.63) is 48.0 Å². The molecule has 2 unspecified atom stereocenters. The summed E-state index contributed by atoms with van der Waals surface area (Å²) in [6, 6.07) is 12.4. The molecule has 3 heterocycles. The van der Waals surface area contributed by atoms with E-state index in [9.17, 15) is 13.2 Å². The van der Waals surface area contributed by atoms with Crippen molar-refractivity contribution in [2.75, 3.05) is 30.9 Å². The number of rotatable bonds is 7. The normalized spacial score (nSPS) is 21.2. The Balaban J connectivity index is 1.45. The molecule has 2 saturated heterocycles. The molecule has 0 bridgehead atoms. The first-order chi connectivity index (χ1) is 17.4. The van der Waals surface area contributed by atoms with Crippen LogP contribution in [-0.2, 0) is 14.8 Å². The maximum atomic E-state index is 13.8. The molecule has 2 aliphatic heterocycles. The van der Waals surface area contributed by atoms with Crippen molar-refractivity contribution in [2.24, 2.45) is 0 Å². The van der Waals surface area contributed by atoms with Gasteiger partial charge in [-0.25, -0.2) is 13.4 Å². The second-order valence-corrected chi connectivity index (χ2v) is 13.1. The molecule has 5 rings (SSSR count). The molecule has 2 aliphatic rings. The van der Waals surface area contributed by atoms with E-state index in [0.29, 0.717) is 30.4 Å². The Kier molecular flexibility index (Phi) is 7.69. The fourth-order valence-corrected chi connectivity index (χ4v) is 8.25. The van der Waals surface area contributed by atoms with E-state index < -0.39 is 10.0 Å². The summed E-state index contributed by atoms with van der Waals surface area (Å²) in [6.07, 6.45) is 6.64. The Morgan fingerprint density at radius 1 is 1.17 bits per heavy atom. The van der Waals surface area contributed by atoms with Crippen molar-refractivity contribution in [1.82, 2.24) is 9.29 Å². The summed E-state index contributed by atoms with van der Waals surface area (Å²) in [6.45, 7) is 3.61. The van der Waals surface area contributed by atoms with E-state index in [4.69, 9.17) is 9.72 Å². The summed E-state index contributed by atoms with van der Waals surface area (Å²) in [5.41, 5.74) is 1.33. The van der Waals surface area contributed by atoms with Crippen LogP contribution in [0.4, 0.5) is 5.13 Å². The molecule has 0 radical (unpaired) electrons. The first-order valence-corrected chi connectivity index (χ1v) is 15.9. The van der Waals surface area contributed by atoms with Crippen LogP contribution in [0.2, 0.25) is 0 Å². The highest BCUT2D eigenvalue weighted by molar-refractivity contribution is 7.98. The SMILES string of the molecule is CSc1cccc2sc(N(CC3CCCO3)C(=O)c3ccc(S(=O)(=O)N4CCCCC4C)cc3)nc12. The van der Waals surface area contributed by atoms with Crippen LogP contribution >= 0.6 is 23.1 Å². The number of anilines is 1. The summed E-state index contributed by atoms with van der Waals surface area (Å²) < 4.78 is 34.9. The van der Waals surface area contributed by atoms with Gasteiger partial charge in [-0.3, -0.25) is 9.69 Å². The van der Waals surface area contributed by atoms with Gasteiger partial charge in [0, 0.05) is 29.7 Å². The Hall–Kier alpha value is -1.98. The van der Waals surface area contributed by atoms with Gasteiger partial charge >= 0.3 is 0 Å². The van der Waals surface area contributed by atoms with Crippen molar-refractivity contribution in [1.29, 1.82) is 0 Å². The van der Waals surface area contributed by atoms with Crippen molar-refractivity contribution >= 4 is 54.4 Å². The van der Waals surface area contributed by atoms with Crippen molar-refractivity contribution in [3.8, 4) is 0 Å². The summed E-state index contributed by atoms with van der Waals surface area (Å²) in [7, 11) is -3.59. The van der Waals surface area contributed by atoms with Crippen LogP contribution in [0.3, 0.4) is 0 Å². The molecule has 2 aromatic carbocycles. The van der Waals surface area contributed by atoms with E-state index in [1.807, 2.05) is 31.4 Å². The van der Waals surface area contributed by atoms with Gasteiger partial charge in [0.2, 0.25) is 10.0 Å². The molecule has 2 fully saturated rings. The average molecular weight is 546 g/mol. The number of hydrogen-bond donors (Lipinski definition) is 0. The lowest BCUT2D eigenvalue weighted by molar-refractivity contribution is 0.0917. The van der Waals surface area contributed by atoms with E-state index in [1.165, 1.54) is 11.3 Å². The Morgan fingerprint density at radius 3 is 2.67 bits per heavy atom. The Morgan fingerprint density at radius 2 is 1.97 bits per heavy atom. The molecule has 1 amide bonds. The number of ether oxygens (including phenoxy) is 1. The molecule has 0 aliphatic carbocycles. The van der Waals surface area contributed by atoms with Gasteiger partial charge in [0.1, 0.15) is 0 Å². The molecule has 3 aromatic rings. The van der Waals surface area contributed by atoms with Gasteiger partial charge in [-0.2, -0.15) is 4.31 Å². The number of hydrogen-bond acceptors (Lipinski definition) is 7. The highest BCUT2D eigenvalue weighted by Crippen LogP contribution is 2.35. The summed E-state index contributed by atoms with van der Waals surface area (Å²) in [5.74, 6) is -0.203. The lowest BCUT2D eigenvalue weighted by Crippen LogP contribution is -2.42. The van der Waals surface area contributed by atoms with Gasteiger partial charge in [-0.15, -0.1) is 11.8 Å². The van der Waals surface area contributed by atoms with Crippen molar-refractivity contribution < 1.29 is 17.9 Å². The van der Waals surface area contributed by atoms with E-state index in [-0.39, 0.29) is 22.9 Å². The second-order valence-electron chi connectivity index (χ2n) is 9.34. The predicted octanol–water partition coefficient (Wildman–Crippen LogP) is 5.41. The zero-order valence-corrected chi connectivity index (χ0v) is 23.0. The number of thioether (sulfide) groups is 1. The highest BCUT2D eigenvalue weighted by atomic mass is 32.2. The smallest absolute Gasteiger partial charge is 0.260 e. The largest absolute Gasteiger partial charge is 0.376 e. The Bertz CT molecular complexity index is 1330. The number of benzene rings is 2. The third-order valence-electron chi connectivity index (χ3n) is 6.93. The number of thiazole rings is 1. The van der Waals surface area contributed by atoms with E-state index >= 15 is 0 Å². The number of fused-ring (bicyclic) bond motifs is 1. The van der Waals surface area contributed by atoms with Gasteiger partial charge in [-0.05, 0) is 75.3 Å². The van der Waals surface area contributed by atoms with Crippen LogP contribution in [0, 0.1) is 0 Å². The molecule has 0 spiro atoms. The Labute approximate surface area is 220 Å². The standard InChI is InChI=1S/C26H31N3O4S3/c1-18-7-3-4-15-29(18)36(31,32)21-13-11-19(12-14-21)25(30)28(17-20-8-6-16-33-20)26-27-24-22(34-2)9-5-10-23(24)35-26/h5,9-14,18,20H,3-4,6-8,15-17H2,1-2H3. The summed E-state index contributed by atoms with van der Waals surface area (Å²) >= 11 is 3.12. The molecule has 2 atom stereocenters. The van der Waals surface area contributed by atoms with Gasteiger partial charge in [0.15, 0.2) is 5.13 Å². The number of piperidine rings is 1. The zero-order chi connectivity index (χ0) is 25.3. The number of aromatic nitrogens is 1. The molecule has 1 aromatic heterocycles. The van der Waals surface area contributed by atoms with Crippen LogP contribution in [0.15, 0.2) is 52.3 Å². The van der Waals surface area contributed by atoms with Crippen LogP contribution in [0.5, 0.6) is 0 Å². The van der Waals surface area contributed by atoms with E-state index in [1.54, 1.807) is 45.2 Å². The fraction of sp³-hybridized carbons (Fsp3) is 0.462. The summed E-state index contributed by atoms with van der Waals surface area (Å²) in [4.78, 5) is 21.6. The number of amides is 1. The second kappa shape index (κ2) is 10.8. The maximum Gasteiger partial charge on any atom is 0.260 e. The quantitative estimate of drug-likeness (QED) is 0.370. The van der Waals surface area contributed by atoms with Gasteiger partial charge in [0.05, 0.1) is 27.8 Å². The number of sulfonamides is 1. The van der Waals surface area contributed by atoms with Gasteiger partial charge in [0.25, 0.3) is 5.91 Å². The van der Waals surface area contributed by atoms with E-state index in [2.05, 4.69) is 0 Å². The number of nitrogens with zero attached hydrogens (tertiary/aromatic N) is 3.